The molecule has 3 nitrogen and oxygen atoms in total. The van der Waals surface area contributed by atoms with Gasteiger partial charge in [0.05, 0.1) is 0 Å². The van der Waals surface area contributed by atoms with Gasteiger partial charge in [0.1, 0.15) is 0 Å². The zero-order valence-corrected chi connectivity index (χ0v) is 11.0. The summed E-state index contributed by atoms with van der Waals surface area (Å²) in [5.41, 5.74) is 10.6. The van der Waals surface area contributed by atoms with E-state index in [0.29, 0.717) is 6.04 Å². The first kappa shape index (κ1) is 12.2. The normalized spacial score (nSPS) is 17.4. The number of nitrogen functional groups attached to an aromatic ring is 1. The lowest BCUT2D eigenvalue weighted by Crippen LogP contribution is -2.22. The molecule has 0 bridgehead atoms. The third kappa shape index (κ3) is 2.76. The van der Waals surface area contributed by atoms with Crippen LogP contribution in [0.15, 0.2) is 42.6 Å². The van der Waals surface area contributed by atoms with Gasteiger partial charge in [-0.3, -0.25) is 4.98 Å². The highest BCUT2D eigenvalue weighted by Crippen LogP contribution is 2.32. The fraction of sp³-hybridized carbons (Fsp3) is 0.312. The van der Waals surface area contributed by atoms with E-state index in [9.17, 15) is 0 Å². The van der Waals surface area contributed by atoms with E-state index in [2.05, 4.69) is 28.5 Å². The number of aromatic nitrogens is 1. The van der Waals surface area contributed by atoms with E-state index >= 15 is 0 Å². The molecule has 1 aromatic carbocycles. The van der Waals surface area contributed by atoms with Crippen LogP contribution in [0.4, 0.5) is 5.69 Å². The molecule has 0 saturated carbocycles. The van der Waals surface area contributed by atoms with Crippen molar-refractivity contribution < 1.29 is 0 Å². The van der Waals surface area contributed by atoms with Crippen molar-refractivity contribution in [1.82, 2.24) is 10.3 Å². The molecule has 1 atom stereocenters. The predicted octanol–water partition coefficient (Wildman–Crippen LogP) is 2.48. The highest BCUT2D eigenvalue weighted by molar-refractivity contribution is 5.47. The minimum absolute atomic E-state index is 0.472. The number of aryl methyl sites for hydroxylation is 1. The van der Waals surface area contributed by atoms with Gasteiger partial charge in [-0.05, 0) is 48.2 Å². The summed E-state index contributed by atoms with van der Waals surface area (Å²) in [6.07, 6.45) is 5.12. The molecule has 0 aliphatic heterocycles. The van der Waals surface area contributed by atoms with Crippen LogP contribution < -0.4 is 11.1 Å². The third-order valence-electron chi connectivity index (χ3n) is 3.74. The number of rotatable bonds is 4. The molecular formula is C16H19N3. The largest absolute Gasteiger partial charge is 0.399 e. The third-order valence-corrected chi connectivity index (χ3v) is 3.74. The van der Waals surface area contributed by atoms with Crippen LogP contribution in [0, 0.1) is 0 Å². The molecule has 3 rings (SSSR count). The molecule has 0 saturated heterocycles. The molecule has 0 fully saturated rings. The monoisotopic (exact) mass is 253 g/mol. The van der Waals surface area contributed by atoms with Crippen LogP contribution in [0.2, 0.25) is 0 Å². The van der Waals surface area contributed by atoms with Crippen LogP contribution in [-0.4, -0.2) is 11.5 Å². The van der Waals surface area contributed by atoms with Crippen LogP contribution in [-0.2, 0) is 12.8 Å². The maximum absolute atomic E-state index is 5.82. The molecule has 3 N–H and O–H groups in total. The lowest BCUT2D eigenvalue weighted by Gasteiger charge is -2.14. The zero-order chi connectivity index (χ0) is 13.1. The predicted molar refractivity (Wildman–Crippen MR) is 77.9 cm³/mol. The van der Waals surface area contributed by atoms with E-state index in [1.54, 1.807) is 0 Å². The molecule has 1 unspecified atom stereocenters. The van der Waals surface area contributed by atoms with Crippen molar-refractivity contribution in [1.29, 1.82) is 0 Å². The van der Waals surface area contributed by atoms with Gasteiger partial charge in [-0.2, -0.15) is 0 Å². The summed E-state index contributed by atoms with van der Waals surface area (Å²) in [6, 6.07) is 12.8. The Morgan fingerprint density at radius 1 is 1.26 bits per heavy atom. The lowest BCUT2D eigenvalue weighted by molar-refractivity contribution is 0.531. The summed E-state index contributed by atoms with van der Waals surface area (Å²) < 4.78 is 0. The number of nitrogens with two attached hydrogens (primary N) is 1. The fourth-order valence-electron chi connectivity index (χ4n) is 2.77. The maximum Gasteiger partial charge on any atom is 0.0416 e. The second-order valence-corrected chi connectivity index (χ2v) is 5.07. The van der Waals surface area contributed by atoms with Gasteiger partial charge in [0.25, 0.3) is 0 Å². The van der Waals surface area contributed by atoms with Crippen molar-refractivity contribution in [2.75, 3.05) is 12.3 Å². The van der Waals surface area contributed by atoms with Gasteiger partial charge in [0.2, 0.25) is 0 Å². The fourth-order valence-corrected chi connectivity index (χ4v) is 2.77. The zero-order valence-electron chi connectivity index (χ0n) is 11.0. The average Bonchev–Trinajstić information content (AvgIpc) is 2.82. The Morgan fingerprint density at radius 2 is 2.21 bits per heavy atom. The number of fused-ring (bicyclic) bond motifs is 1. The maximum atomic E-state index is 5.82. The van der Waals surface area contributed by atoms with Gasteiger partial charge < -0.3 is 11.1 Å². The number of hydrogen-bond donors (Lipinski definition) is 2. The Balaban J connectivity index is 1.58. The molecule has 3 heteroatoms. The number of pyridine rings is 1. The van der Waals surface area contributed by atoms with Gasteiger partial charge in [-0.25, -0.2) is 0 Å². The lowest BCUT2D eigenvalue weighted by atomic mass is 10.1. The Morgan fingerprint density at radius 3 is 3.05 bits per heavy atom. The minimum Gasteiger partial charge on any atom is -0.399 e. The standard InChI is InChI=1S/C16H19N3/c17-13-5-6-15-12(11-13)4-7-16(15)19-10-8-14-3-1-2-9-18-14/h1-3,5-6,9,11,16,19H,4,7-8,10,17H2. The molecule has 2 aromatic rings. The summed E-state index contributed by atoms with van der Waals surface area (Å²) in [4.78, 5) is 4.34. The first-order chi connectivity index (χ1) is 9.33. The summed E-state index contributed by atoms with van der Waals surface area (Å²) in [6.45, 7) is 0.964. The Labute approximate surface area is 113 Å². The highest BCUT2D eigenvalue weighted by atomic mass is 14.9. The van der Waals surface area contributed by atoms with Crippen LogP contribution in [0.5, 0.6) is 0 Å². The van der Waals surface area contributed by atoms with E-state index < -0.39 is 0 Å². The topological polar surface area (TPSA) is 50.9 Å². The second-order valence-electron chi connectivity index (χ2n) is 5.07. The van der Waals surface area contributed by atoms with Gasteiger partial charge in [-0.15, -0.1) is 0 Å². The molecule has 1 aliphatic carbocycles. The molecule has 19 heavy (non-hydrogen) atoms. The van der Waals surface area contributed by atoms with Crippen molar-refractivity contribution in [3.05, 3.63) is 59.4 Å². The molecule has 0 spiro atoms. The Kier molecular flexibility index (Phi) is 3.47. The van der Waals surface area contributed by atoms with E-state index in [4.69, 9.17) is 5.73 Å². The van der Waals surface area contributed by atoms with Crippen LogP contribution in [0.25, 0.3) is 0 Å². The van der Waals surface area contributed by atoms with Gasteiger partial charge in [-0.1, -0.05) is 12.1 Å². The van der Waals surface area contributed by atoms with E-state index in [0.717, 1.165) is 30.8 Å². The molecule has 1 aliphatic rings. The van der Waals surface area contributed by atoms with E-state index in [1.165, 1.54) is 17.5 Å². The van der Waals surface area contributed by atoms with Crippen LogP contribution in [0.3, 0.4) is 0 Å². The summed E-state index contributed by atoms with van der Waals surface area (Å²) >= 11 is 0. The molecule has 98 valence electrons. The molecule has 0 amide bonds. The van der Waals surface area contributed by atoms with Gasteiger partial charge in [0, 0.05) is 36.6 Å². The molecule has 1 aromatic heterocycles. The van der Waals surface area contributed by atoms with Crippen molar-refractivity contribution >= 4 is 5.69 Å². The van der Waals surface area contributed by atoms with Gasteiger partial charge >= 0.3 is 0 Å². The molecule has 0 radical (unpaired) electrons. The number of nitrogens with zero attached hydrogens (tertiary/aromatic N) is 1. The number of benzene rings is 1. The smallest absolute Gasteiger partial charge is 0.0416 e. The first-order valence-corrected chi connectivity index (χ1v) is 6.84. The Bertz CT molecular complexity index is 551. The van der Waals surface area contributed by atoms with Crippen molar-refractivity contribution in [2.45, 2.75) is 25.3 Å². The SMILES string of the molecule is Nc1ccc2c(c1)CCC2NCCc1ccccn1. The van der Waals surface area contributed by atoms with Crippen LogP contribution >= 0.6 is 0 Å². The van der Waals surface area contributed by atoms with Gasteiger partial charge in [0.15, 0.2) is 0 Å². The van der Waals surface area contributed by atoms with E-state index in [-0.39, 0.29) is 0 Å². The summed E-state index contributed by atoms with van der Waals surface area (Å²) in [7, 11) is 0. The number of anilines is 1. The van der Waals surface area contributed by atoms with E-state index in [1.807, 2.05) is 24.4 Å². The quantitative estimate of drug-likeness (QED) is 0.823. The number of hydrogen-bond acceptors (Lipinski definition) is 3. The minimum atomic E-state index is 0.472. The van der Waals surface area contributed by atoms with Crippen LogP contribution in [0.1, 0.15) is 29.3 Å². The summed E-state index contributed by atoms with van der Waals surface area (Å²) in [5, 5.41) is 3.62. The van der Waals surface area contributed by atoms with Crippen molar-refractivity contribution in [3.63, 3.8) is 0 Å². The highest BCUT2D eigenvalue weighted by Gasteiger charge is 2.21. The Hall–Kier alpha value is -1.87. The van der Waals surface area contributed by atoms with Crippen molar-refractivity contribution in [2.24, 2.45) is 0 Å². The summed E-state index contributed by atoms with van der Waals surface area (Å²) in [5.74, 6) is 0. The first-order valence-electron chi connectivity index (χ1n) is 6.84. The number of nitrogens with one attached hydrogen (secondary N) is 1. The average molecular weight is 253 g/mol. The molecule has 1 heterocycles. The molecular weight excluding hydrogens is 234 g/mol. The van der Waals surface area contributed by atoms with Crippen molar-refractivity contribution in [3.8, 4) is 0 Å². The second kappa shape index (κ2) is 5.41.